The molecule has 2 aliphatic rings. The Kier molecular flexibility index (Phi) is 6.29. The molecule has 0 unspecified atom stereocenters. The molecule has 1 heterocycles. The minimum absolute atomic E-state index is 0.192. The highest BCUT2D eigenvalue weighted by Gasteiger charge is 2.30. The minimum atomic E-state index is -4.31. The lowest BCUT2D eigenvalue weighted by Gasteiger charge is -2.36. The van der Waals surface area contributed by atoms with Crippen LogP contribution in [0.5, 0.6) is 0 Å². The van der Waals surface area contributed by atoms with Crippen molar-refractivity contribution in [2.45, 2.75) is 50.7 Å². The van der Waals surface area contributed by atoms with Gasteiger partial charge < -0.3 is 15.5 Å². The minimum Gasteiger partial charge on any atom is -0.368 e. The van der Waals surface area contributed by atoms with Gasteiger partial charge in [-0.3, -0.25) is 4.79 Å². The average Bonchev–Trinajstić information content (AvgIpc) is 2.67. The number of alkyl halides is 3. The first-order valence-electron chi connectivity index (χ1n) is 9.78. The molecule has 27 heavy (non-hydrogen) atoms. The molecule has 1 aromatic carbocycles. The van der Waals surface area contributed by atoms with Gasteiger partial charge in [-0.25, -0.2) is 0 Å². The number of anilines is 1. The van der Waals surface area contributed by atoms with Crippen molar-refractivity contribution < 1.29 is 18.0 Å². The summed E-state index contributed by atoms with van der Waals surface area (Å²) in [6, 6.07) is 5.57. The van der Waals surface area contributed by atoms with Crippen molar-refractivity contribution in [2.75, 3.05) is 31.1 Å². The Bertz CT molecular complexity index is 616. The third-order valence-corrected chi connectivity index (χ3v) is 5.85. The van der Waals surface area contributed by atoms with E-state index in [0.29, 0.717) is 44.6 Å². The topological polar surface area (TPSA) is 49.6 Å². The van der Waals surface area contributed by atoms with Crippen LogP contribution in [-0.4, -0.2) is 43.0 Å². The molecule has 0 spiro atoms. The molecule has 1 aliphatic carbocycles. The number of amides is 1. The van der Waals surface area contributed by atoms with Crippen molar-refractivity contribution in [1.82, 2.24) is 4.90 Å². The summed E-state index contributed by atoms with van der Waals surface area (Å²) in [5.74, 6) is 0.805. The maximum absolute atomic E-state index is 12.7. The highest BCUT2D eigenvalue weighted by Crippen LogP contribution is 2.31. The molecule has 0 radical (unpaired) electrons. The van der Waals surface area contributed by atoms with Crippen LogP contribution in [0.25, 0.3) is 0 Å². The third-order valence-electron chi connectivity index (χ3n) is 5.85. The SMILES string of the molecule is NC1CCC(CCC(=O)N2CCN(c3ccc(C(F)(F)F)cc3)CC2)CC1. The first kappa shape index (κ1) is 20.0. The number of carbonyl (C=O) groups excluding carboxylic acids is 1. The van der Waals surface area contributed by atoms with Crippen LogP contribution in [0, 0.1) is 5.92 Å². The molecule has 1 saturated heterocycles. The first-order chi connectivity index (χ1) is 12.8. The number of hydrogen-bond acceptors (Lipinski definition) is 3. The normalized spacial score (nSPS) is 24.1. The molecule has 7 heteroatoms. The van der Waals surface area contributed by atoms with Gasteiger partial charge in [0.25, 0.3) is 0 Å². The summed E-state index contributed by atoms with van der Waals surface area (Å²) < 4.78 is 38.0. The fourth-order valence-electron chi connectivity index (χ4n) is 4.04. The zero-order valence-electron chi connectivity index (χ0n) is 15.5. The van der Waals surface area contributed by atoms with Crippen LogP contribution < -0.4 is 10.6 Å². The monoisotopic (exact) mass is 383 g/mol. The number of piperazine rings is 1. The summed E-state index contributed by atoms with van der Waals surface area (Å²) in [4.78, 5) is 16.4. The highest BCUT2D eigenvalue weighted by atomic mass is 19.4. The molecule has 150 valence electrons. The molecule has 0 atom stereocenters. The molecule has 1 aliphatic heterocycles. The van der Waals surface area contributed by atoms with Gasteiger partial charge in [0.1, 0.15) is 0 Å². The summed E-state index contributed by atoms with van der Waals surface area (Å²) in [5.41, 5.74) is 6.06. The lowest BCUT2D eigenvalue weighted by molar-refractivity contribution is -0.137. The number of carbonyl (C=O) groups is 1. The van der Waals surface area contributed by atoms with Crippen molar-refractivity contribution in [3.63, 3.8) is 0 Å². The number of halogens is 3. The standard InChI is InChI=1S/C20H28F3N3O/c21-20(22,23)16-4-8-18(9-5-16)25-11-13-26(14-12-25)19(27)10-3-15-1-6-17(24)7-2-15/h4-5,8-9,15,17H,1-3,6-7,10-14,24H2. The molecule has 1 saturated carbocycles. The second kappa shape index (κ2) is 8.50. The highest BCUT2D eigenvalue weighted by molar-refractivity contribution is 5.76. The first-order valence-corrected chi connectivity index (χ1v) is 9.78. The van der Waals surface area contributed by atoms with E-state index in [-0.39, 0.29) is 5.91 Å². The molecular weight excluding hydrogens is 355 g/mol. The van der Waals surface area contributed by atoms with Crippen LogP contribution in [0.3, 0.4) is 0 Å². The fraction of sp³-hybridized carbons (Fsp3) is 0.650. The Morgan fingerprint density at radius 2 is 1.59 bits per heavy atom. The van der Waals surface area contributed by atoms with Crippen LogP contribution >= 0.6 is 0 Å². The third kappa shape index (κ3) is 5.37. The van der Waals surface area contributed by atoms with Crippen LogP contribution in [0.15, 0.2) is 24.3 Å². The van der Waals surface area contributed by atoms with E-state index >= 15 is 0 Å². The van der Waals surface area contributed by atoms with E-state index in [1.165, 1.54) is 12.1 Å². The van der Waals surface area contributed by atoms with Gasteiger partial charge in [-0.2, -0.15) is 13.2 Å². The van der Waals surface area contributed by atoms with Gasteiger partial charge in [0.05, 0.1) is 5.56 Å². The summed E-state index contributed by atoms with van der Waals surface area (Å²) in [7, 11) is 0. The van der Waals surface area contributed by atoms with Gasteiger partial charge in [-0.15, -0.1) is 0 Å². The van der Waals surface area contributed by atoms with Gasteiger partial charge in [-0.05, 0) is 62.3 Å². The van der Waals surface area contributed by atoms with Crippen molar-refractivity contribution >= 4 is 11.6 Å². The summed E-state index contributed by atoms with van der Waals surface area (Å²) in [6.45, 7) is 2.54. The zero-order valence-corrected chi connectivity index (χ0v) is 15.5. The van der Waals surface area contributed by atoms with Crippen LogP contribution in [0.2, 0.25) is 0 Å². The fourth-order valence-corrected chi connectivity index (χ4v) is 4.04. The summed E-state index contributed by atoms with van der Waals surface area (Å²) >= 11 is 0. The largest absolute Gasteiger partial charge is 0.416 e. The van der Waals surface area contributed by atoms with Crippen LogP contribution in [0.1, 0.15) is 44.1 Å². The lowest BCUT2D eigenvalue weighted by atomic mass is 9.83. The molecule has 3 rings (SSSR count). The van der Waals surface area contributed by atoms with Crippen LogP contribution in [0.4, 0.5) is 18.9 Å². The van der Waals surface area contributed by atoms with Crippen molar-refractivity contribution in [3.05, 3.63) is 29.8 Å². The molecular formula is C20H28F3N3O. The number of rotatable bonds is 4. The predicted molar refractivity (Wildman–Crippen MR) is 99.4 cm³/mol. The summed E-state index contributed by atoms with van der Waals surface area (Å²) in [6.07, 6.45) is 1.57. The molecule has 0 bridgehead atoms. The van der Waals surface area contributed by atoms with Gasteiger partial charge in [0.15, 0.2) is 0 Å². The molecule has 1 amide bonds. The number of nitrogens with zero attached hydrogens (tertiary/aromatic N) is 2. The van der Waals surface area contributed by atoms with Gasteiger partial charge in [0.2, 0.25) is 5.91 Å². The maximum Gasteiger partial charge on any atom is 0.416 e. The Labute approximate surface area is 158 Å². The molecule has 1 aromatic rings. The second-order valence-electron chi connectivity index (χ2n) is 7.73. The van der Waals surface area contributed by atoms with E-state index in [9.17, 15) is 18.0 Å². The molecule has 2 fully saturated rings. The zero-order chi connectivity index (χ0) is 19.4. The Morgan fingerprint density at radius 3 is 2.15 bits per heavy atom. The van der Waals surface area contributed by atoms with Crippen molar-refractivity contribution in [1.29, 1.82) is 0 Å². The van der Waals surface area contributed by atoms with E-state index in [0.717, 1.165) is 49.9 Å². The van der Waals surface area contributed by atoms with E-state index in [2.05, 4.69) is 0 Å². The molecule has 4 nitrogen and oxygen atoms in total. The Morgan fingerprint density at radius 1 is 1.00 bits per heavy atom. The van der Waals surface area contributed by atoms with Crippen molar-refractivity contribution in [3.8, 4) is 0 Å². The number of hydrogen-bond donors (Lipinski definition) is 1. The maximum atomic E-state index is 12.7. The van der Waals surface area contributed by atoms with E-state index in [1.807, 2.05) is 9.80 Å². The van der Waals surface area contributed by atoms with E-state index < -0.39 is 11.7 Å². The van der Waals surface area contributed by atoms with Gasteiger partial charge in [-0.1, -0.05) is 0 Å². The summed E-state index contributed by atoms with van der Waals surface area (Å²) in [5, 5.41) is 0. The lowest BCUT2D eigenvalue weighted by Crippen LogP contribution is -2.48. The van der Waals surface area contributed by atoms with E-state index in [4.69, 9.17) is 5.73 Å². The number of benzene rings is 1. The quantitative estimate of drug-likeness (QED) is 0.863. The Hall–Kier alpha value is -1.76. The van der Waals surface area contributed by atoms with Crippen LogP contribution in [-0.2, 0) is 11.0 Å². The smallest absolute Gasteiger partial charge is 0.368 e. The number of nitrogens with two attached hydrogens (primary N) is 1. The average molecular weight is 383 g/mol. The van der Waals surface area contributed by atoms with Gasteiger partial charge in [0, 0.05) is 44.3 Å². The predicted octanol–water partition coefficient (Wildman–Crippen LogP) is 3.65. The van der Waals surface area contributed by atoms with E-state index in [1.54, 1.807) is 0 Å². The van der Waals surface area contributed by atoms with Gasteiger partial charge >= 0.3 is 6.18 Å². The molecule has 2 N–H and O–H groups in total. The van der Waals surface area contributed by atoms with Crippen molar-refractivity contribution in [2.24, 2.45) is 11.7 Å². The second-order valence-corrected chi connectivity index (χ2v) is 7.73. The Balaban J connectivity index is 1.43. The molecule has 0 aromatic heterocycles.